The summed E-state index contributed by atoms with van der Waals surface area (Å²) in [6.45, 7) is 12.0. The maximum atomic E-state index is 10.4. The highest BCUT2D eigenvalue weighted by Gasteiger charge is 2.41. The van der Waals surface area contributed by atoms with Crippen LogP contribution in [0.4, 0.5) is 0 Å². The van der Waals surface area contributed by atoms with Crippen LogP contribution in [0.2, 0.25) is 18.1 Å². The summed E-state index contributed by atoms with van der Waals surface area (Å²) in [5.41, 5.74) is 1.13. The zero-order chi connectivity index (χ0) is 22.2. The van der Waals surface area contributed by atoms with Gasteiger partial charge >= 0.3 is 0 Å². The molecule has 1 aromatic rings. The second-order valence-corrected chi connectivity index (χ2v) is 14.4. The van der Waals surface area contributed by atoms with Crippen LogP contribution in [0.5, 0.6) is 0 Å². The molecule has 0 fully saturated rings. The van der Waals surface area contributed by atoms with Crippen molar-refractivity contribution in [2.45, 2.75) is 89.2 Å². The van der Waals surface area contributed by atoms with Gasteiger partial charge in [0, 0.05) is 6.61 Å². The summed E-state index contributed by atoms with van der Waals surface area (Å²) in [4.78, 5) is 0. The molecule has 1 aromatic carbocycles. The van der Waals surface area contributed by atoms with Gasteiger partial charge in [-0.15, -0.1) is 0 Å². The highest BCUT2D eigenvalue weighted by atomic mass is 28.4. The minimum absolute atomic E-state index is 0.0827. The first-order valence-corrected chi connectivity index (χ1v) is 13.9. The molecule has 0 unspecified atom stereocenters. The van der Waals surface area contributed by atoms with Gasteiger partial charge < -0.3 is 24.1 Å². The van der Waals surface area contributed by atoms with Crippen molar-refractivity contribution in [3.63, 3.8) is 0 Å². The summed E-state index contributed by atoms with van der Waals surface area (Å²) >= 11 is 0. The molecule has 2 N–H and O–H groups in total. The Hall–Kier alpha value is -1.02. The Labute approximate surface area is 183 Å². The lowest BCUT2D eigenvalue weighted by Crippen LogP contribution is -2.49. The van der Waals surface area contributed by atoms with Crippen LogP contribution in [-0.2, 0) is 20.5 Å². The van der Waals surface area contributed by atoms with E-state index in [-0.39, 0.29) is 23.9 Å². The lowest BCUT2D eigenvalue weighted by Gasteiger charge is -2.41. The molecule has 0 saturated carbocycles. The summed E-state index contributed by atoms with van der Waals surface area (Å²) in [6.07, 6.45) is 4.11. The summed E-state index contributed by atoms with van der Waals surface area (Å²) in [5.74, 6) is 0. The SMILES string of the molecule is CC(C)(C)[Si](C)(C)O[C@@H]1C/C=C\C[C@@H](O)[C@H](CO)O[C@H]1CCOCc1ccccc1. The summed E-state index contributed by atoms with van der Waals surface area (Å²) < 4.78 is 18.9. The van der Waals surface area contributed by atoms with Crippen molar-refractivity contribution in [1.29, 1.82) is 0 Å². The van der Waals surface area contributed by atoms with E-state index < -0.39 is 20.5 Å². The molecule has 30 heavy (non-hydrogen) atoms. The molecule has 6 heteroatoms. The Morgan fingerprint density at radius 2 is 1.73 bits per heavy atom. The molecule has 0 amide bonds. The van der Waals surface area contributed by atoms with Gasteiger partial charge in [-0.2, -0.15) is 0 Å². The Morgan fingerprint density at radius 1 is 1.07 bits per heavy atom. The minimum Gasteiger partial charge on any atom is -0.411 e. The second-order valence-electron chi connectivity index (χ2n) is 9.65. The van der Waals surface area contributed by atoms with E-state index >= 15 is 0 Å². The van der Waals surface area contributed by atoms with Gasteiger partial charge in [0.25, 0.3) is 0 Å². The van der Waals surface area contributed by atoms with Crippen LogP contribution in [0.1, 0.15) is 45.6 Å². The number of ether oxygens (including phenoxy) is 2. The van der Waals surface area contributed by atoms with Gasteiger partial charge in [-0.05, 0) is 43.0 Å². The van der Waals surface area contributed by atoms with Crippen LogP contribution in [0, 0.1) is 0 Å². The molecule has 0 aliphatic carbocycles. The van der Waals surface area contributed by atoms with Gasteiger partial charge in [0.2, 0.25) is 0 Å². The van der Waals surface area contributed by atoms with Crippen LogP contribution in [0.25, 0.3) is 0 Å². The van der Waals surface area contributed by atoms with Crippen molar-refractivity contribution >= 4 is 8.32 Å². The molecule has 0 radical (unpaired) electrons. The Balaban J connectivity index is 2.10. The van der Waals surface area contributed by atoms with Gasteiger partial charge in [-0.1, -0.05) is 63.3 Å². The monoisotopic (exact) mass is 436 g/mol. The minimum atomic E-state index is -2.02. The summed E-state index contributed by atoms with van der Waals surface area (Å²) in [5, 5.41) is 20.3. The average molecular weight is 437 g/mol. The second kappa shape index (κ2) is 11.6. The molecule has 0 aromatic heterocycles. The van der Waals surface area contributed by atoms with E-state index in [1.54, 1.807) is 0 Å². The maximum absolute atomic E-state index is 10.4. The first kappa shape index (κ1) is 25.2. The molecule has 2 rings (SSSR count). The fourth-order valence-corrected chi connectivity index (χ4v) is 4.59. The molecule has 0 spiro atoms. The van der Waals surface area contributed by atoms with Gasteiger partial charge in [0.1, 0.15) is 6.10 Å². The largest absolute Gasteiger partial charge is 0.411 e. The zero-order valence-corrected chi connectivity index (χ0v) is 20.2. The molecule has 170 valence electrons. The van der Waals surface area contributed by atoms with Crippen molar-refractivity contribution in [2.24, 2.45) is 0 Å². The Morgan fingerprint density at radius 3 is 2.37 bits per heavy atom. The normalized spacial score (nSPS) is 27.2. The predicted octanol–water partition coefficient (Wildman–Crippen LogP) is 4.44. The number of benzene rings is 1. The first-order chi connectivity index (χ1) is 14.1. The molecule has 5 nitrogen and oxygen atoms in total. The molecule has 1 heterocycles. The first-order valence-electron chi connectivity index (χ1n) is 11.0. The smallest absolute Gasteiger partial charge is 0.192 e. The van der Waals surface area contributed by atoms with E-state index in [0.717, 1.165) is 12.0 Å². The topological polar surface area (TPSA) is 68.2 Å². The number of aliphatic hydroxyl groups excluding tert-OH is 2. The van der Waals surface area contributed by atoms with Crippen LogP contribution >= 0.6 is 0 Å². The van der Waals surface area contributed by atoms with Gasteiger partial charge in [-0.3, -0.25) is 0 Å². The maximum Gasteiger partial charge on any atom is 0.192 e. The molecule has 0 bridgehead atoms. The third-order valence-corrected chi connectivity index (χ3v) is 10.7. The summed E-state index contributed by atoms with van der Waals surface area (Å²) in [6, 6.07) is 10.1. The Kier molecular flexibility index (Phi) is 9.72. The summed E-state index contributed by atoms with van der Waals surface area (Å²) in [7, 11) is -2.02. The van der Waals surface area contributed by atoms with Crippen molar-refractivity contribution in [1.82, 2.24) is 0 Å². The quantitative estimate of drug-likeness (QED) is 0.358. The molecule has 1 aliphatic rings. The highest BCUT2D eigenvalue weighted by molar-refractivity contribution is 6.74. The van der Waals surface area contributed by atoms with Crippen LogP contribution in [0.15, 0.2) is 42.5 Å². The van der Waals surface area contributed by atoms with Crippen LogP contribution in [0.3, 0.4) is 0 Å². The third-order valence-electron chi connectivity index (χ3n) is 6.20. The average Bonchev–Trinajstić information content (AvgIpc) is 2.75. The number of rotatable bonds is 8. The van der Waals surface area contributed by atoms with Crippen LogP contribution < -0.4 is 0 Å². The van der Waals surface area contributed by atoms with E-state index in [0.29, 0.717) is 26.1 Å². The predicted molar refractivity (Wildman–Crippen MR) is 123 cm³/mol. The fourth-order valence-electron chi connectivity index (χ4n) is 3.23. The van der Waals surface area contributed by atoms with E-state index in [9.17, 15) is 10.2 Å². The fraction of sp³-hybridized carbons (Fsp3) is 0.667. The number of hydrogen-bond donors (Lipinski definition) is 2. The standard InChI is InChI=1S/C24H40O5Si/c1-24(2,3)30(4,5)29-22-14-10-9-13-20(26)23(17-25)28-21(22)15-16-27-18-19-11-7-6-8-12-19/h6-12,20-23,25-26H,13-18H2,1-5H3/b10-9-/t20-,21+,22-,23+/m1/s1. The van der Waals surface area contributed by atoms with E-state index in [2.05, 4.69) is 39.9 Å². The molecular formula is C24H40O5Si. The van der Waals surface area contributed by atoms with Crippen molar-refractivity contribution in [2.75, 3.05) is 13.2 Å². The lowest BCUT2D eigenvalue weighted by atomic mass is 10.1. The van der Waals surface area contributed by atoms with E-state index in [4.69, 9.17) is 13.9 Å². The van der Waals surface area contributed by atoms with Crippen molar-refractivity contribution < 1.29 is 24.1 Å². The van der Waals surface area contributed by atoms with Crippen molar-refractivity contribution in [3.05, 3.63) is 48.0 Å². The van der Waals surface area contributed by atoms with Gasteiger partial charge in [0.15, 0.2) is 8.32 Å². The van der Waals surface area contributed by atoms with Crippen molar-refractivity contribution in [3.8, 4) is 0 Å². The molecule has 0 saturated heterocycles. The van der Waals surface area contributed by atoms with Crippen LogP contribution in [-0.4, -0.2) is 56.2 Å². The lowest BCUT2D eigenvalue weighted by molar-refractivity contribution is -0.132. The molecule has 4 atom stereocenters. The number of aliphatic hydroxyl groups is 2. The van der Waals surface area contributed by atoms with Gasteiger partial charge in [-0.25, -0.2) is 0 Å². The van der Waals surface area contributed by atoms with E-state index in [1.165, 1.54) is 0 Å². The van der Waals surface area contributed by atoms with E-state index in [1.807, 2.05) is 36.4 Å². The third kappa shape index (κ3) is 7.59. The molecular weight excluding hydrogens is 396 g/mol. The highest BCUT2D eigenvalue weighted by Crippen LogP contribution is 2.38. The van der Waals surface area contributed by atoms with Gasteiger partial charge in [0.05, 0.1) is 31.5 Å². The zero-order valence-electron chi connectivity index (χ0n) is 19.2. The number of hydrogen-bond acceptors (Lipinski definition) is 5. The molecule has 1 aliphatic heterocycles. The Bertz CT molecular complexity index is 641.